The zero-order valence-electron chi connectivity index (χ0n) is 9.45. The van der Waals surface area contributed by atoms with E-state index in [9.17, 15) is 9.59 Å². The molecule has 0 bridgehead atoms. The lowest BCUT2D eigenvalue weighted by Crippen LogP contribution is -2.11. The van der Waals surface area contributed by atoms with E-state index in [1.54, 1.807) is 18.2 Å². The van der Waals surface area contributed by atoms with Crippen molar-refractivity contribution >= 4 is 11.7 Å². The number of carbonyl (C=O) groups is 2. The number of benzene rings is 1. The van der Waals surface area contributed by atoms with Crippen molar-refractivity contribution in [2.75, 3.05) is 7.11 Å². The Kier molecular flexibility index (Phi) is 4.05. The molecule has 0 aliphatic carbocycles. The van der Waals surface area contributed by atoms with Gasteiger partial charge in [0.15, 0.2) is 0 Å². The molecule has 0 fully saturated rings. The number of methoxy groups -OCH3 is 1. The molecule has 0 unspecified atom stereocenters. The minimum atomic E-state index is -0.497. The van der Waals surface area contributed by atoms with E-state index in [1.807, 2.05) is 0 Å². The Morgan fingerprint density at radius 3 is 2.50 bits per heavy atom. The molecule has 0 spiro atoms. The van der Waals surface area contributed by atoms with E-state index in [4.69, 9.17) is 10.5 Å². The zero-order valence-corrected chi connectivity index (χ0v) is 9.45. The Morgan fingerprint density at radius 1 is 1.31 bits per heavy atom. The maximum Gasteiger partial charge on any atom is 0.248 e. The maximum atomic E-state index is 11.1. The Morgan fingerprint density at radius 2 is 2.00 bits per heavy atom. The van der Waals surface area contributed by atoms with Gasteiger partial charge in [-0.15, -0.1) is 0 Å². The highest BCUT2D eigenvalue weighted by Gasteiger charge is 2.06. The number of ketones is 1. The summed E-state index contributed by atoms with van der Waals surface area (Å²) in [5, 5.41) is 0. The highest BCUT2D eigenvalue weighted by Crippen LogP contribution is 2.18. The molecule has 0 aromatic heterocycles. The summed E-state index contributed by atoms with van der Waals surface area (Å²) < 4.78 is 5.06. The van der Waals surface area contributed by atoms with Crippen LogP contribution >= 0.6 is 0 Å². The molecule has 1 amide bonds. The molecule has 1 rings (SSSR count). The summed E-state index contributed by atoms with van der Waals surface area (Å²) in [6.45, 7) is 1.54. The summed E-state index contributed by atoms with van der Waals surface area (Å²) in [6.07, 6.45) is 1.04. The second-order valence-corrected chi connectivity index (χ2v) is 3.64. The van der Waals surface area contributed by atoms with Gasteiger partial charge in [0, 0.05) is 12.0 Å². The molecule has 0 saturated heterocycles. The summed E-state index contributed by atoms with van der Waals surface area (Å²) in [5.74, 6) is 0.196. The first-order valence-corrected chi connectivity index (χ1v) is 5.00. The topological polar surface area (TPSA) is 69.4 Å². The fourth-order valence-corrected chi connectivity index (χ4v) is 1.39. The Bertz CT molecular complexity index is 413. The van der Waals surface area contributed by atoms with Gasteiger partial charge >= 0.3 is 0 Å². The predicted octanol–water partition coefficient (Wildman–Crippen LogP) is 1.32. The SMILES string of the molecule is COc1cc(CCC(C)=O)cc(C(N)=O)c1. The quantitative estimate of drug-likeness (QED) is 0.815. The number of nitrogens with two attached hydrogens (primary N) is 1. The summed E-state index contributed by atoms with van der Waals surface area (Å²) in [6, 6.07) is 5.07. The van der Waals surface area contributed by atoms with Crippen LogP contribution in [0.4, 0.5) is 0 Å². The molecule has 86 valence electrons. The average Bonchev–Trinajstić information content (AvgIpc) is 2.25. The first-order valence-electron chi connectivity index (χ1n) is 5.00. The van der Waals surface area contributed by atoms with Crippen molar-refractivity contribution in [1.82, 2.24) is 0 Å². The second kappa shape index (κ2) is 5.30. The van der Waals surface area contributed by atoms with E-state index >= 15 is 0 Å². The Labute approximate surface area is 94.4 Å². The standard InChI is InChI=1S/C12H15NO3/c1-8(14)3-4-9-5-10(12(13)15)7-11(6-9)16-2/h5-7H,3-4H2,1-2H3,(H2,13,15). The van der Waals surface area contributed by atoms with Gasteiger partial charge < -0.3 is 15.3 Å². The van der Waals surface area contributed by atoms with Gasteiger partial charge in [-0.05, 0) is 37.1 Å². The van der Waals surface area contributed by atoms with Crippen LogP contribution < -0.4 is 10.5 Å². The van der Waals surface area contributed by atoms with Gasteiger partial charge in [-0.2, -0.15) is 0 Å². The molecule has 0 heterocycles. The lowest BCUT2D eigenvalue weighted by Gasteiger charge is -2.06. The minimum Gasteiger partial charge on any atom is -0.497 e. The van der Waals surface area contributed by atoms with Crippen LogP contribution in [0.5, 0.6) is 5.75 Å². The molecule has 4 heteroatoms. The summed E-state index contributed by atoms with van der Waals surface area (Å²) >= 11 is 0. The number of primary amides is 1. The van der Waals surface area contributed by atoms with Crippen LogP contribution in [0.3, 0.4) is 0 Å². The minimum absolute atomic E-state index is 0.114. The van der Waals surface area contributed by atoms with E-state index in [-0.39, 0.29) is 5.78 Å². The predicted molar refractivity (Wildman–Crippen MR) is 60.5 cm³/mol. The largest absolute Gasteiger partial charge is 0.497 e. The van der Waals surface area contributed by atoms with Gasteiger partial charge in [0.25, 0.3) is 0 Å². The van der Waals surface area contributed by atoms with Crippen molar-refractivity contribution in [3.8, 4) is 5.75 Å². The fraction of sp³-hybridized carbons (Fsp3) is 0.333. The third-order valence-corrected chi connectivity index (χ3v) is 2.25. The number of carbonyl (C=O) groups excluding carboxylic acids is 2. The highest BCUT2D eigenvalue weighted by molar-refractivity contribution is 5.93. The molecule has 16 heavy (non-hydrogen) atoms. The molecule has 2 N–H and O–H groups in total. The van der Waals surface area contributed by atoms with Crippen LogP contribution in [0.15, 0.2) is 18.2 Å². The second-order valence-electron chi connectivity index (χ2n) is 3.64. The van der Waals surface area contributed by atoms with E-state index in [0.717, 1.165) is 5.56 Å². The number of amides is 1. The number of ether oxygens (including phenoxy) is 1. The number of Topliss-reactive ketones (excluding diaryl/α,β-unsaturated/α-hetero) is 1. The van der Waals surface area contributed by atoms with Crippen molar-refractivity contribution in [3.63, 3.8) is 0 Å². The molecule has 1 aromatic carbocycles. The highest BCUT2D eigenvalue weighted by atomic mass is 16.5. The lowest BCUT2D eigenvalue weighted by atomic mass is 10.0. The van der Waals surface area contributed by atoms with Crippen molar-refractivity contribution < 1.29 is 14.3 Å². The van der Waals surface area contributed by atoms with Crippen LogP contribution in [-0.2, 0) is 11.2 Å². The molecule has 0 saturated carbocycles. The normalized spacial score (nSPS) is 9.88. The number of rotatable bonds is 5. The van der Waals surface area contributed by atoms with Crippen LogP contribution in [0.1, 0.15) is 29.3 Å². The third-order valence-electron chi connectivity index (χ3n) is 2.25. The first-order chi connectivity index (χ1) is 7.52. The smallest absolute Gasteiger partial charge is 0.248 e. The van der Waals surface area contributed by atoms with E-state index in [1.165, 1.54) is 14.0 Å². The van der Waals surface area contributed by atoms with Crippen molar-refractivity contribution in [3.05, 3.63) is 29.3 Å². The molecule has 4 nitrogen and oxygen atoms in total. The van der Waals surface area contributed by atoms with E-state index < -0.39 is 5.91 Å². The molecule has 0 aliphatic heterocycles. The van der Waals surface area contributed by atoms with Crippen LogP contribution in [0, 0.1) is 0 Å². The monoisotopic (exact) mass is 221 g/mol. The van der Waals surface area contributed by atoms with E-state index in [0.29, 0.717) is 24.2 Å². The molecule has 1 aromatic rings. The Balaban J connectivity index is 2.95. The number of hydrogen-bond donors (Lipinski definition) is 1. The molecular weight excluding hydrogens is 206 g/mol. The summed E-state index contributed by atoms with van der Waals surface area (Å²) in [7, 11) is 1.52. The van der Waals surface area contributed by atoms with Crippen molar-refractivity contribution in [2.24, 2.45) is 5.73 Å². The van der Waals surface area contributed by atoms with Crippen LogP contribution in [0.25, 0.3) is 0 Å². The average molecular weight is 221 g/mol. The van der Waals surface area contributed by atoms with Crippen molar-refractivity contribution in [2.45, 2.75) is 19.8 Å². The van der Waals surface area contributed by atoms with Crippen LogP contribution in [0.2, 0.25) is 0 Å². The molecule has 0 atom stereocenters. The zero-order chi connectivity index (χ0) is 12.1. The summed E-state index contributed by atoms with van der Waals surface area (Å²) in [4.78, 5) is 21.9. The van der Waals surface area contributed by atoms with E-state index in [2.05, 4.69) is 0 Å². The van der Waals surface area contributed by atoms with Gasteiger partial charge in [-0.25, -0.2) is 0 Å². The maximum absolute atomic E-state index is 11.1. The Hall–Kier alpha value is -1.84. The fourth-order valence-electron chi connectivity index (χ4n) is 1.39. The number of hydrogen-bond acceptors (Lipinski definition) is 3. The number of aryl methyl sites for hydroxylation is 1. The van der Waals surface area contributed by atoms with Gasteiger partial charge in [-0.1, -0.05) is 0 Å². The third kappa shape index (κ3) is 3.38. The molecule has 0 radical (unpaired) electrons. The van der Waals surface area contributed by atoms with Crippen molar-refractivity contribution in [1.29, 1.82) is 0 Å². The van der Waals surface area contributed by atoms with Gasteiger partial charge in [0.05, 0.1) is 7.11 Å². The molecule has 0 aliphatic rings. The van der Waals surface area contributed by atoms with Gasteiger partial charge in [0.1, 0.15) is 11.5 Å². The first kappa shape index (κ1) is 12.2. The lowest BCUT2D eigenvalue weighted by molar-refractivity contribution is -0.116. The summed E-state index contributed by atoms with van der Waals surface area (Å²) in [5.41, 5.74) is 6.48. The van der Waals surface area contributed by atoms with Crippen LogP contribution in [-0.4, -0.2) is 18.8 Å². The van der Waals surface area contributed by atoms with Gasteiger partial charge in [-0.3, -0.25) is 4.79 Å². The van der Waals surface area contributed by atoms with Gasteiger partial charge in [0.2, 0.25) is 5.91 Å². The molecular formula is C12H15NO3.